The van der Waals surface area contributed by atoms with Crippen molar-refractivity contribution >= 4 is 17.3 Å². The number of benzene rings is 2. The van der Waals surface area contributed by atoms with Gasteiger partial charge in [-0.2, -0.15) is 0 Å². The number of hydrogen-bond donors (Lipinski definition) is 0. The van der Waals surface area contributed by atoms with Crippen molar-refractivity contribution in [3.63, 3.8) is 0 Å². The molecule has 1 aromatic heterocycles. The maximum Gasteiger partial charge on any atom is 0.337 e. The van der Waals surface area contributed by atoms with E-state index in [2.05, 4.69) is 4.98 Å². The first-order valence-electron chi connectivity index (χ1n) is 6.47. The zero-order chi connectivity index (χ0) is 14.7. The van der Waals surface area contributed by atoms with Gasteiger partial charge < -0.3 is 4.74 Å². The molecule has 21 heavy (non-hydrogen) atoms. The number of ether oxygens (including phenoxy) is 1. The fraction of sp³-hybridized carbons (Fsp3) is 0.0588. The Morgan fingerprint density at radius 1 is 1.05 bits per heavy atom. The van der Waals surface area contributed by atoms with Gasteiger partial charge in [0.05, 0.1) is 18.4 Å². The third-order valence-corrected chi connectivity index (χ3v) is 4.00. The molecule has 0 fully saturated rings. The maximum absolute atomic E-state index is 11.6. The normalized spacial score (nSPS) is 10.3. The molecule has 3 nitrogen and oxygen atoms in total. The highest BCUT2D eigenvalue weighted by atomic mass is 32.1. The number of esters is 1. The van der Waals surface area contributed by atoms with Gasteiger partial charge in [0.25, 0.3) is 0 Å². The quantitative estimate of drug-likeness (QED) is 0.678. The van der Waals surface area contributed by atoms with Gasteiger partial charge in [-0.15, -0.1) is 11.3 Å². The number of nitrogens with zero attached hydrogens (tertiary/aromatic N) is 1. The molecule has 0 aliphatic heterocycles. The molecule has 0 aliphatic rings. The molecule has 0 atom stereocenters. The minimum atomic E-state index is -0.336. The first-order valence-corrected chi connectivity index (χ1v) is 7.35. The van der Waals surface area contributed by atoms with Gasteiger partial charge in [0, 0.05) is 16.5 Å². The van der Waals surface area contributed by atoms with Gasteiger partial charge in [-0.1, -0.05) is 42.5 Å². The van der Waals surface area contributed by atoms with Gasteiger partial charge in [-0.05, 0) is 12.1 Å². The van der Waals surface area contributed by atoms with Crippen molar-refractivity contribution in [3.8, 4) is 21.8 Å². The molecule has 4 heteroatoms. The highest BCUT2D eigenvalue weighted by molar-refractivity contribution is 7.13. The molecule has 0 saturated carbocycles. The van der Waals surface area contributed by atoms with E-state index in [1.54, 1.807) is 23.5 Å². The van der Waals surface area contributed by atoms with E-state index < -0.39 is 0 Å². The van der Waals surface area contributed by atoms with E-state index >= 15 is 0 Å². The van der Waals surface area contributed by atoms with Crippen LogP contribution < -0.4 is 0 Å². The summed E-state index contributed by atoms with van der Waals surface area (Å²) in [7, 11) is 1.38. The van der Waals surface area contributed by atoms with Crippen LogP contribution >= 0.6 is 11.3 Å². The topological polar surface area (TPSA) is 39.2 Å². The molecule has 0 radical (unpaired) electrons. The third kappa shape index (κ3) is 2.85. The van der Waals surface area contributed by atoms with Crippen LogP contribution in [-0.2, 0) is 4.74 Å². The number of thiazole rings is 1. The summed E-state index contributed by atoms with van der Waals surface area (Å²) in [5, 5.41) is 2.91. The molecule has 0 saturated heterocycles. The standard InChI is InChI=1S/C17H13NO2S/c1-20-17(19)14-9-5-8-13(10-14)16-18-15(11-21-16)12-6-3-2-4-7-12/h2-11H,1H3. The summed E-state index contributed by atoms with van der Waals surface area (Å²) >= 11 is 1.56. The van der Waals surface area contributed by atoms with Crippen LogP contribution in [0.25, 0.3) is 21.8 Å². The molecular formula is C17H13NO2S. The number of aromatic nitrogens is 1. The Morgan fingerprint density at radius 3 is 2.57 bits per heavy atom. The average Bonchev–Trinajstić information content (AvgIpc) is 3.05. The molecule has 0 bridgehead atoms. The Morgan fingerprint density at radius 2 is 1.81 bits per heavy atom. The van der Waals surface area contributed by atoms with Crippen molar-refractivity contribution in [3.05, 3.63) is 65.5 Å². The largest absolute Gasteiger partial charge is 0.465 e. The second-order valence-corrected chi connectivity index (χ2v) is 5.33. The van der Waals surface area contributed by atoms with Crippen LogP contribution in [0, 0.1) is 0 Å². The smallest absolute Gasteiger partial charge is 0.337 e. The second kappa shape index (κ2) is 5.89. The Bertz CT molecular complexity index is 765. The van der Waals surface area contributed by atoms with Crippen LogP contribution in [0.4, 0.5) is 0 Å². The SMILES string of the molecule is COC(=O)c1cccc(-c2nc(-c3ccccc3)cs2)c1. The van der Waals surface area contributed by atoms with Crippen molar-refractivity contribution in [2.75, 3.05) is 7.11 Å². The minimum absolute atomic E-state index is 0.336. The Hall–Kier alpha value is -2.46. The van der Waals surface area contributed by atoms with E-state index in [1.807, 2.05) is 47.8 Å². The van der Waals surface area contributed by atoms with Crippen molar-refractivity contribution in [1.82, 2.24) is 4.98 Å². The summed E-state index contributed by atoms with van der Waals surface area (Å²) in [6, 6.07) is 17.4. The van der Waals surface area contributed by atoms with Crippen LogP contribution in [0.2, 0.25) is 0 Å². The van der Waals surface area contributed by atoms with E-state index in [1.165, 1.54) is 7.11 Å². The lowest BCUT2D eigenvalue weighted by atomic mass is 10.1. The average molecular weight is 295 g/mol. The fourth-order valence-corrected chi connectivity index (χ4v) is 2.87. The summed E-state index contributed by atoms with van der Waals surface area (Å²) in [5.41, 5.74) is 3.49. The number of carbonyl (C=O) groups excluding carboxylic acids is 1. The number of hydrogen-bond acceptors (Lipinski definition) is 4. The molecule has 104 valence electrons. The third-order valence-electron chi connectivity index (χ3n) is 3.10. The maximum atomic E-state index is 11.6. The summed E-state index contributed by atoms with van der Waals surface area (Å²) in [5.74, 6) is -0.336. The molecule has 2 aromatic carbocycles. The molecule has 3 aromatic rings. The molecule has 0 N–H and O–H groups in total. The lowest BCUT2D eigenvalue weighted by Crippen LogP contribution is -2.00. The van der Waals surface area contributed by atoms with E-state index in [-0.39, 0.29) is 5.97 Å². The Labute approximate surface area is 126 Å². The predicted octanol–water partition coefficient (Wildman–Crippen LogP) is 4.26. The Balaban J connectivity index is 1.95. The van der Waals surface area contributed by atoms with Crippen molar-refractivity contribution in [2.45, 2.75) is 0 Å². The molecule has 0 aliphatic carbocycles. The van der Waals surface area contributed by atoms with E-state index in [9.17, 15) is 4.79 Å². The molecule has 0 amide bonds. The highest BCUT2D eigenvalue weighted by Gasteiger charge is 2.10. The van der Waals surface area contributed by atoms with Crippen molar-refractivity contribution < 1.29 is 9.53 Å². The zero-order valence-corrected chi connectivity index (χ0v) is 12.3. The zero-order valence-electron chi connectivity index (χ0n) is 11.4. The van der Waals surface area contributed by atoms with Crippen LogP contribution in [0.5, 0.6) is 0 Å². The van der Waals surface area contributed by atoms with Gasteiger partial charge >= 0.3 is 5.97 Å². The minimum Gasteiger partial charge on any atom is -0.465 e. The van der Waals surface area contributed by atoms with E-state index in [4.69, 9.17) is 4.74 Å². The first kappa shape index (κ1) is 13.5. The van der Waals surface area contributed by atoms with Crippen LogP contribution in [0.1, 0.15) is 10.4 Å². The summed E-state index contributed by atoms with van der Waals surface area (Å²) in [6.45, 7) is 0. The molecular weight excluding hydrogens is 282 g/mol. The van der Waals surface area contributed by atoms with Crippen molar-refractivity contribution in [1.29, 1.82) is 0 Å². The molecule has 0 unspecified atom stereocenters. The number of rotatable bonds is 3. The van der Waals surface area contributed by atoms with Gasteiger partial charge in [0.2, 0.25) is 0 Å². The molecule has 0 spiro atoms. The lowest BCUT2D eigenvalue weighted by Gasteiger charge is -2.01. The van der Waals surface area contributed by atoms with Crippen LogP contribution in [0.3, 0.4) is 0 Å². The Kier molecular flexibility index (Phi) is 3.79. The van der Waals surface area contributed by atoms with Gasteiger partial charge in [0.15, 0.2) is 0 Å². The van der Waals surface area contributed by atoms with E-state index in [0.29, 0.717) is 5.56 Å². The van der Waals surface area contributed by atoms with Crippen LogP contribution in [0.15, 0.2) is 60.0 Å². The van der Waals surface area contributed by atoms with Gasteiger partial charge in [0.1, 0.15) is 5.01 Å². The summed E-state index contributed by atoms with van der Waals surface area (Å²) in [4.78, 5) is 16.2. The second-order valence-electron chi connectivity index (χ2n) is 4.48. The molecule has 3 rings (SSSR count). The fourth-order valence-electron chi connectivity index (χ4n) is 2.04. The van der Waals surface area contributed by atoms with Crippen molar-refractivity contribution in [2.24, 2.45) is 0 Å². The monoisotopic (exact) mass is 295 g/mol. The highest BCUT2D eigenvalue weighted by Crippen LogP contribution is 2.29. The summed E-state index contributed by atoms with van der Waals surface area (Å²) < 4.78 is 4.75. The first-order chi connectivity index (χ1) is 10.3. The predicted molar refractivity (Wildman–Crippen MR) is 84.3 cm³/mol. The lowest BCUT2D eigenvalue weighted by molar-refractivity contribution is 0.0601. The van der Waals surface area contributed by atoms with Gasteiger partial charge in [-0.3, -0.25) is 0 Å². The number of carbonyl (C=O) groups is 1. The van der Waals surface area contributed by atoms with E-state index in [0.717, 1.165) is 21.8 Å². The van der Waals surface area contributed by atoms with Crippen LogP contribution in [-0.4, -0.2) is 18.1 Å². The number of methoxy groups -OCH3 is 1. The van der Waals surface area contributed by atoms with Gasteiger partial charge in [-0.25, -0.2) is 9.78 Å². The molecule has 1 heterocycles. The summed E-state index contributed by atoms with van der Waals surface area (Å²) in [6.07, 6.45) is 0.